The smallest absolute Gasteiger partial charge is 0.0991 e. The van der Waals surface area contributed by atoms with Crippen molar-refractivity contribution < 1.29 is 0 Å². The average molecular weight is 275 g/mol. The van der Waals surface area contributed by atoms with Gasteiger partial charge in [0, 0.05) is 12.2 Å². The zero-order valence-electron chi connectivity index (χ0n) is 12.2. The van der Waals surface area contributed by atoms with Gasteiger partial charge in [0.1, 0.15) is 0 Å². The van der Waals surface area contributed by atoms with E-state index in [-0.39, 0.29) is 0 Å². The highest BCUT2D eigenvalue weighted by atomic mass is 14.9. The second-order valence-electron chi connectivity index (χ2n) is 5.48. The summed E-state index contributed by atoms with van der Waals surface area (Å²) < 4.78 is 0. The van der Waals surface area contributed by atoms with Crippen LogP contribution >= 0.6 is 0 Å². The number of anilines is 1. The molecule has 104 valence electrons. The van der Waals surface area contributed by atoms with E-state index in [1.165, 1.54) is 0 Å². The maximum absolute atomic E-state index is 9.13. The van der Waals surface area contributed by atoms with E-state index < -0.39 is 5.41 Å². The molecule has 0 atom stereocenters. The first-order chi connectivity index (χ1) is 10.0. The molecule has 0 saturated carbocycles. The third-order valence-electron chi connectivity index (χ3n) is 3.44. The standard InChI is InChI=1S/C18H17N3/c1-18(2,13-20)16-6-8-17(9-7-16)21-12-15-5-3-4-14(10-15)11-19/h3-10,21H,12H2,1-2H3. The molecular formula is C18H17N3. The zero-order valence-corrected chi connectivity index (χ0v) is 12.2. The third-order valence-corrected chi connectivity index (χ3v) is 3.44. The fourth-order valence-corrected chi connectivity index (χ4v) is 2.02. The molecule has 0 aliphatic rings. The van der Waals surface area contributed by atoms with E-state index in [0.717, 1.165) is 16.8 Å². The summed E-state index contributed by atoms with van der Waals surface area (Å²) in [7, 11) is 0. The molecule has 0 spiro atoms. The molecular weight excluding hydrogens is 258 g/mol. The second kappa shape index (κ2) is 6.11. The Morgan fingerprint density at radius 2 is 1.76 bits per heavy atom. The number of nitrogens with zero attached hydrogens (tertiary/aromatic N) is 2. The summed E-state index contributed by atoms with van der Waals surface area (Å²) in [5.41, 5.74) is 3.26. The van der Waals surface area contributed by atoms with Crippen molar-refractivity contribution in [2.24, 2.45) is 0 Å². The number of nitriles is 2. The molecule has 2 aromatic rings. The molecule has 0 fully saturated rings. The molecule has 0 heterocycles. The quantitative estimate of drug-likeness (QED) is 0.918. The summed E-state index contributed by atoms with van der Waals surface area (Å²) in [6.45, 7) is 4.47. The van der Waals surface area contributed by atoms with Gasteiger partial charge in [0.15, 0.2) is 0 Å². The molecule has 2 aromatic carbocycles. The molecule has 3 heteroatoms. The molecule has 0 radical (unpaired) electrons. The topological polar surface area (TPSA) is 59.6 Å². The van der Waals surface area contributed by atoms with Gasteiger partial charge >= 0.3 is 0 Å². The Labute approximate surface area is 125 Å². The van der Waals surface area contributed by atoms with E-state index in [4.69, 9.17) is 10.5 Å². The Morgan fingerprint density at radius 1 is 1.05 bits per heavy atom. The minimum absolute atomic E-state index is 0.473. The molecule has 1 N–H and O–H groups in total. The molecule has 0 aliphatic heterocycles. The first kappa shape index (κ1) is 14.6. The molecule has 0 amide bonds. The van der Waals surface area contributed by atoms with Gasteiger partial charge in [0.05, 0.1) is 23.1 Å². The van der Waals surface area contributed by atoms with Gasteiger partial charge in [-0.3, -0.25) is 0 Å². The Kier molecular flexibility index (Phi) is 4.26. The molecule has 21 heavy (non-hydrogen) atoms. The summed E-state index contributed by atoms with van der Waals surface area (Å²) >= 11 is 0. The SMILES string of the molecule is CC(C)(C#N)c1ccc(NCc2cccc(C#N)c2)cc1. The van der Waals surface area contributed by atoms with Gasteiger partial charge in [0.2, 0.25) is 0 Å². The van der Waals surface area contributed by atoms with Crippen LogP contribution in [0.25, 0.3) is 0 Å². The molecule has 0 unspecified atom stereocenters. The highest BCUT2D eigenvalue weighted by Crippen LogP contribution is 2.23. The monoisotopic (exact) mass is 275 g/mol. The molecule has 3 nitrogen and oxygen atoms in total. The largest absolute Gasteiger partial charge is 0.381 e. The number of rotatable bonds is 4. The van der Waals surface area contributed by atoms with Crippen LogP contribution in [0.3, 0.4) is 0 Å². The van der Waals surface area contributed by atoms with Crippen molar-refractivity contribution in [2.45, 2.75) is 25.8 Å². The maximum atomic E-state index is 9.13. The number of benzene rings is 2. The summed E-state index contributed by atoms with van der Waals surface area (Å²) in [4.78, 5) is 0. The Bertz CT molecular complexity index is 700. The average Bonchev–Trinajstić information content (AvgIpc) is 2.53. The lowest BCUT2D eigenvalue weighted by Crippen LogP contribution is -2.13. The molecule has 2 rings (SSSR count). The van der Waals surface area contributed by atoms with E-state index >= 15 is 0 Å². The van der Waals surface area contributed by atoms with Gasteiger partial charge in [-0.25, -0.2) is 0 Å². The third kappa shape index (κ3) is 3.61. The van der Waals surface area contributed by atoms with Gasteiger partial charge in [-0.1, -0.05) is 24.3 Å². The van der Waals surface area contributed by atoms with Crippen LogP contribution in [0.2, 0.25) is 0 Å². The molecule has 0 aromatic heterocycles. The Hall–Kier alpha value is -2.78. The Balaban J connectivity index is 2.05. The van der Waals surface area contributed by atoms with Gasteiger partial charge < -0.3 is 5.32 Å². The molecule has 0 saturated heterocycles. The summed E-state index contributed by atoms with van der Waals surface area (Å²) in [6, 6.07) is 19.9. The highest BCUT2D eigenvalue weighted by Gasteiger charge is 2.18. The van der Waals surface area contributed by atoms with Crippen molar-refractivity contribution in [3.63, 3.8) is 0 Å². The summed E-state index contributed by atoms with van der Waals surface area (Å²) in [5, 5.41) is 21.3. The number of nitrogens with one attached hydrogen (secondary N) is 1. The van der Waals surface area contributed by atoms with Crippen LogP contribution in [-0.4, -0.2) is 0 Å². The van der Waals surface area contributed by atoms with Crippen molar-refractivity contribution in [1.29, 1.82) is 10.5 Å². The highest BCUT2D eigenvalue weighted by molar-refractivity contribution is 5.47. The van der Waals surface area contributed by atoms with Gasteiger partial charge in [-0.2, -0.15) is 10.5 Å². The van der Waals surface area contributed by atoms with Gasteiger partial charge in [-0.15, -0.1) is 0 Å². The van der Waals surface area contributed by atoms with Crippen LogP contribution in [-0.2, 0) is 12.0 Å². The number of hydrogen-bond donors (Lipinski definition) is 1. The minimum atomic E-state index is -0.473. The fraction of sp³-hybridized carbons (Fsp3) is 0.222. The fourth-order valence-electron chi connectivity index (χ4n) is 2.02. The van der Waals surface area contributed by atoms with Crippen LogP contribution in [0, 0.1) is 22.7 Å². The van der Waals surface area contributed by atoms with Crippen molar-refractivity contribution in [3.05, 3.63) is 65.2 Å². The van der Waals surface area contributed by atoms with Crippen LogP contribution in [0.15, 0.2) is 48.5 Å². The van der Waals surface area contributed by atoms with Gasteiger partial charge in [0.25, 0.3) is 0 Å². The maximum Gasteiger partial charge on any atom is 0.0991 e. The summed E-state index contributed by atoms with van der Waals surface area (Å²) in [6.07, 6.45) is 0. The second-order valence-corrected chi connectivity index (χ2v) is 5.48. The van der Waals surface area contributed by atoms with Crippen LogP contribution in [0.5, 0.6) is 0 Å². The van der Waals surface area contributed by atoms with Crippen LogP contribution in [0.1, 0.15) is 30.5 Å². The van der Waals surface area contributed by atoms with Crippen molar-refractivity contribution in [2.75, 3.05) is 5.32 Å². The van der Waals surface area contributed by atoms with E-state index in [0.29, 0.717) is 12.1 Å². The predicted octanol–water partition coefficient (Wildman–Crippen LogP) is 3.97. The predicted molar refractivity (Wildman–Crippen MR) is 83.6 cm³/mol. The van der Waals surface area contributed by atoms with Crippen molar-refractivity contribution >= 4 is 5.69 Å². The lowest BCUT2D eigenvalue weighted by atomic mass is 9.86. The number of hydrogen-bond acceptors (Lipinski definition) is 3. The normalized spacial score (nSPS) is 10.5. The molecule has 0 aliphatic carbocycles. The first-order valence-corrected chi connectivity index (χ1v) is 6.80. The first-order valence-electron chi connectivity index (χ1n) is 6.80. The molecule has 0 bridgehead atoms. The van der Waals surface area contributed by atoms with Crippen molar-refractivity contribution in [3.8, 4) is 12.1 Å². The van der Waals surface area contributed by atoms with Crippen LogP contribution in [0.4, 0.5) is 5.69 Å². The van der Waals surface area contributed by atoms with Gasteiger partial charge in [-0.05, 0) is 49.2 Å². The van der Waals surface area contributed by atoms with E-state index in [1.54, 1.807) is 6.07 Å². The Morgan fingerprint density at radius 3 is 2.38 bits per heavy atom. The van der Waals surface area contributed by atoms with E-state index in [9.17, 15) is 0 Å². The summed E-state index contributed by atoms with van der Waals surface area (Å²) in [5.74, 6) is 0. The minimum Gasteiger partial charge on any atom is -0.381 e. The lowest BCUT2D eigenvalue weighted by Gasteiger charge is -2.16. The van der Waals surface area contributed by atoms with E-state index in [1.807, 2.05) is 56.3 Å². The van der Waals surface area contributed by atoms with E-state index in [2.05, 4.69) is 17.5 Å². The lowest BCUT2D eigenvalue weighted by molar-refractivity contribution is 0.687. The zero-order chi connectivity index (χ0) is 15.3. The van der Waals surface area contributed by atoms with Crippen molar-refractivity contribution in [1.82, 2.24) is 0 Å². The van der Waals surface area contributed by atoms with Crippen LogP contribution < -0.4 is 5.32 Å².